The molecule has 0 radical (unpaired) electrons. The van der Waals surface area contributed by atoms with E-state index in [0.717, 1.165) is 66.7 Å². The third-order valence-corrected chi connectivity index (χ3v) is 14.7. The highest BCUT2D eigenvalue weighted by Gasteiger charge is 2.48. The average molecular weight is 633 g/mol. The Bertz CT molecular complexity index is 2610. The molecule has 9 aromatic rings. The van der Waals surface area contributed by atoms with E-state index in [4.69, 9.17) is 13.6 Å². The zero-order valence-corrected chi connectivity index (χ0v) is 26.9. The van der Waals surface area contributed by atoms with E-state index < -0.39 is 8.07 Å². The Labute approximate surface area is 278 Å². The van der Waals surface area contributed by atoms with E-state index in [2.05, 4.69) is 146 Å². The van der Waals surface area contributed by atoms with Crippen LogP contribution >= 0.6 is 0 Å². The summed E-state index contributed by atoms with van der Waals surface area (Å²) in [6.45, 7) is 0. The first-order valence-electron chi connectivity index (χ1n) is 16.2. The number of rotatable bonds is 4. The van der Waals surface area contributed by atoms with Gasteiger partial charge in [0.25, 0.3) is 0 Å². The molecule has 3 nitrogen and oxygen atoms in total. The molecule has 2 aromatic heterocycles. The lowest BCUT2D eigenvalue weighted by Crippen LogP contribution is -2.76. The smallest absolute Gasteiger partial charge is 0.188 e. The van der Waals surface area contributed by atoms with E-state index >= 15 is 0 Å². The summed E-state index contributed by atoms with van der Waals surface area (Å²) in [4.78, 5) is 0. The van der Waals surface area contributed by atoms with Crippen LogP contribution in [0.4, 0.5) is 0 Å². The van der Waals surface area contributed by atoms with Crippen LogP contribution in [0.2, 0.25) is 0 Å². The fourth-order valence-electron chi connectivity index (χ4n) is 7.85. The first kappa shape index (κ1) is 27.1. The highest BCUT2D eigenvalue weighted by Crippen LogP contribution is 2.39. The summed E-state index contributed by atoms with van der Waals surface area (Å²) in [5, 5.41) is 8.43. The minimum absolute atomic E-state index is 0.882. The number of benzene rings is 7. The van der Waals surface area contributed by atoms with Gasteiger partial charge in [-0.1, -0.05) is 127 Å². The fourth-order valence-corrected chi connectivity index (χ4v) is 12.9. The van der Waals surface area contributed by atoms with Crippen molar-refractivity contribution < 1.29 is 13.6 Å². The third-order valence-electron chi connectivity index (χ3n) is 9.92. The van der Waals surface area contributed by atoms with Crippen LogP contribution in [0, 0.1) is 0 Å². The lowest BCUT2D eigenvalue weighted by molar-refractivity contribution is 0.487. The Morgan fingerprint density at radius 1 is 0.417 bits per heavy atom. The Kier molecular flexibility index (Phi) is 5.89. The van der Waals surface area contributed by atoms with Gasteiger partial charge in [0, 0.05) is 16.2 Å². The van der Waals surface area contributed by atoms with Crippen LogP contribution < -0.4 is 25.5 Å². The minimum atomic E-state index is -2.93. The Hall–Kier alpha value is -6.10. The van der Waals surface area contributed by atoms with Crippen molar-refractivity contribution in [1.82, 2.24) is 0 Å². The quantitative estimate of drug-likeness (QED) is 0.182. The molecule has 48 heavy (non-hydrogen) atoms. The molecule has 7 aromatic carbocycles. The van der Waals surface area contributed by atoms with Gasteiger partial charge in [-0.25, -0.2) is 0 Å². The molecule has 0 amide bonds. The maximum Gasteiger partial charge on any atom is 0.188 e. The van der Waals surface area contributed by atoms with Crippen molar-refractivity contribution >= 4 is 61.7 Å². The normalized spacial score (nSPS) is 13.3. The van der Waals surface area contributed by atoms with E-state index in [9.17, 15) is 0 Å². The van der Waals surface area contributed by atoms with Crippen LogP contribution in [0.5, 0.6) is 11.5 Å². The number of ether oxygens (including phenoxy) is 1. The van der Waals surface area contributed by atoms with Crippen LogP contribution in [-0.2, 0) is 0 Å². The van der Waals surface area contributed by atoms with Gasteiger partial charge in [-0.3, -0.25) is 0 Å². The number of hydrogen-bond donors (Lipinski definition) is 0. The molecule has 0 spiro atoms. The Morgan fingerprint density at radius 3 is 1.71 bits per heavy atom. The van der Waals surface area contributed by atoms with Crippen LogP contribution in [0.25, 0.3) is 55.2 Å². The molecule has 0 saturated carbocycles. The second kappa shape index (κ2) is 10.5. The van der Waals surface area contributed by atoms with Gasteiger partial charge in [-0.05, 0) is 79.4 Å². The predicted molar refractivity (Wildman–Crippen MR) is 198 cm³/mol. The fraction of sp³-hybridized carbons (Fsp3) is 0. The minimum Gasteiger partial charge on any atom is -0.464 e. The average Bonchev–Trinajstić information content (AvgIpc) is 3.79. The van der Waals surface area contributed by atoms with Crippen molar-refractivity contribution in [2.24, 2.45) is 0 Å². The number of fused-ring (bicyclic) bond motifs is 6. The zero-order valence-electron chi connectivity index (χ0n) is 25.9. The van der Waals surface area contributed by atoms with Crippen molar-refractivity contribution in [1.29, 1.82) is 0 Å². The summed E-state index contributed by atoms with van der Waals surface area (Å²) in [6, 6.07) is 58.6. The van der Waals surface area contributed by atoms with Gasteiger partial charge in [-0.2, -0.15) is 0 Å². The molecule has 4 heteroatoms. The van der Waals surface area contributed by atoms with E-state index in [1.54, 1.807) is 6.26 Å². The summed E-state index contributed by atoms with van der Waals surface area (Å²) in [7, 11) is -2.93. The highest BCUT2D eigenvalue weighted by molar-refractivity contribution is 7.20. The standard InChI is InChI=1S/C44H28O3Si/c1-3-11-31(12-4-1)48(32-13-5-2-6-14-32)42-27-29(33-16-9-19-37-35(33)25-26-45-37)21-23-39(42)47-40-24-22-30(28-43(40)48)34-17-10-20-41-44(34)36-15-7-8-18-38(36)46-41/h1-28H. The first-order valence-corrected chi connectivity index (χ1v) is 18.2. The molecule has 226 valence electrons. The summed E-state index contributed by atoms with van der Waals surface area (Å²) >= 11 is 0. The molecule has 1 aliphatic rings. The largest absolute Gasteiger partial charge is 0.464 e. The van der Waals surface area contributed by atoms with E-state index in [-0.39, 0.29) is 0 Å². The third kappa shape index (κ3) is 3.87. The molecule has 10 rings (SSSR count). The lowest BCUT2D eigenvalue weighted by Gasteiger charge is -2.40. The zero-order chi connectivity index (χ0) is 31.7. The van der Waals surface area contributed by atoms with Gasteiger partial charge >= 0.3 is 0 Å². The SMILES string of the molecule is c1ccc([Si]2(c3ccccc3)c3cc(-c4cccc5occc45)ccc3Oc3ccc(-c4cccc5oc6ccccc6c45)cc32)cc1. The van der Waals surface area contributed by atoms with E-state index in [1.807, 2.05) is 18.2 Å². The second-order valence-electron chi connectivity index (χ2n) is 12.4. The van der Waals surface area contributed by atoms with Gasteiger partial charge in [-0.15, -0.1) is 0 Å². The van der Waals surface area contributed by atoms with Crippen LogP contribution in [0.3, 0.4) is 0 Å². The van der Waals surface area contributed by atoms with Gasteiger partial charge in [0.05, 0.1) is 6.26 Å². The van der Waals surface area contributed by atoms with Crippen molar-refractivity contribution in [3.8, 4) is 33.8 Å². The summed E-state index contributed by atoms with van der Waals surface area (Å²) < 4.78 is 19.0. The molecule has 0 aliphatic carbocycles. The predicted octanol–water partition coefficient (Wildman–Crippen LogP) is 9.15. The van der Waals surface area contributed by atoms with Crippen LogP contribution in [0.15, 0.2) is 179 Å². The highest BCUT2D eigenvalue weighted by atomic mass is 28.3. The summed E-state index contributed by atoms with van der Waals surface area (Å²) in [5.74, 6) is 1.81. The van der Waals surface area contributed by atoms with Gasteiger partial charge in [0.2, 0.25) is 0 Å². The van der Waals surface area contributed by atoms with E-state index in [0.29, 0.717) is 0 Å². The topological polar surface area (TPSA) is 35.5 Å². The van der Waals surface area contributed by atoms with Gasteiger partial charge < -0.3 is 13.6 Å². The lowest BCUT2D eigenvalue weighted by atomic mass is 9.99. The van der Waals surface area contributed by atoms with Gasteiger partial charge in [0.15, 0.2) is 8.07 Å². The number of furan rings is 2. The van der Waals surface area contributed by atoms with E-state index in [1.165, 1.54) is 20.7 Å². The molecule has 0 bridgehead atoms. The molecule has 1 aliphatic heterocycles. The summed E-state index contributed by atoms with van der Waals surface area (Å²) in [6.07, 6.45) is 1.77. The molecular formula is C44H28O3Si. The van der Waals surface area contributed by atoms with Gasteiger partial charge in [0.1, 0.15) is 28.2 Å². The Balaban J connectivity index is 1.30. The Morgan fingerprint density at radius 2 is 1.00 bits per heavy atom. The van der Waals surface area contributed by atoms with Crippen LogP contribution in [0.1, 0.15) is 0 Å². The number of hydrogen-bond acceptors (Lipinski definition) is 3. The number of para-hydroxylation sites is 1. The second-order valence-corrected chi connectivity index (χ2v) is 16.2. The monoisotopic (exact) mass is 632 g/mol. The van der Waals surface area contributed by atoms with Crippen molar-refractivity contribution in [2.75, 3.05) is 0 Å². The molecule has 3 heterocycles. The molecule has 0 unspecified atom stereocenters. The molecule has 0 atom stereocenters. The first-order chi connectivity index (χ1) is 23.8. The van der Waals surface area contributed by atoms with Crippen molar-refractivity contribution in [3.05, 3.63) is 170 Å². The van der Waals surface area contributed by atoms with Crippen molar-refractivity contribution in [2.45, 2.75) is 0 Å². The molecule has 0 saturated heterocycles. The molecular weight excluding hydrogens is 605 g/mol. The van der Waals surface area contributed by atoms with Crippen LogP contribution in [-0.4, -0.2) is 8.07 Å². The maximum atomic E-state index is 6.87. The maximum absolute atomic E-state index is 6.87. The van der Waals surface area contributed by atoms with Crippen molar-refractivity contribution in [3.63, 3.8) is 0 Å². The molecule has 0 fully saturated rings. The molecule has 0 N–H and O–H groups in total. The summed E-state index contributed by atoms with van der Waals surface area (Å²) in [5.41, 5.74) is 7.24.